The highest BCUT2D eigenvalue weighted by Crippen LogP contribution is 2.29. The molecule has 7 heteroatoms. The smallest absolute Gasteiger partial charge is 0.416 e. The van der Waals surface area contributed by atoms with E-state index in [4.69, 9.17) is 4.74 Å². The van der Waals surface area contributed by atoms with Gasteiger partial charge in [-0.15, -0.1) is 0 Å². The summed E-state index contributed by atoms with van der Waals surface area (Å²) in [5.74, 6) is 0.504. The number of hydrogen-bond acceptors (Lipinski definition) is 2. The summed E-state index contributed by atoms with van der Waals surface area (Å²) in [6, 6.07) is 9.55. The van der Waals surface area contributed by atoms with Crippen LogP contribution in [0.2, 0.25) is 0 Å². The van der Waals surface area contributed by atoms with Gasteiger partial charge in [-0.1, -0.05) is 18.2 Å². The van der Waals surface area contributed by atoms with Crippen LogP contribution in [-0.2, 0) is 12.7 Å². The minimum atomic E-state index is -4.41. The Labute approximate surface area is 137 Å². The lowest BCUT2D eigenvalue weighted by Gasteiger charge is -2.12. The first kappa shape index (κ1) is 17.7. The molecular formula is C17H17F3N2O2. The first-order chi connectivity index (χ1) is 11.3. The quantitative estimate of drug-likeness (QED) is 0.871. The van der Waals surface area contributed by atoms with Crippen molar-refractivity contribution in [2.24, 2.45) is 0 Å². The second-order valence-electron chi connectivity index (χ2n) is 5.21. The van der Waals surface area contributed by atoms with E-state index in [2.05, 4.69) is 10.6 Å². The molecule has 0 aromatic heterocycles. The number of urea groups is 1. The Morgan fingerprint density at radius 1 is 1.17 bits per heavy atom. The Bertz CT molecular complexity index is 730. The minimum Gasteiger partial charge on any atom is -0.495 e. The van der Waals surface area contributed by atoms with Crippen molar-refractivity contribution >= 4 is 11.7 Å². The molecule has 0 aliphatic carbocycles. The number of nitrogens with one attached hydrogen (secondary N) is 2. The summed E-state index contributed by atoms with van der Waals surface area (Å²) in [4.78, 5) is 11.9. The van der Waals surface area contributed by atoms with Crippen LogP contribution >= 0.6 is 0 Å². The van der Waals surface area contributed by atoms with Gasteiger partial charge in [0.25, 0.3) is 0 Å². The number of ether oxygens (including phenoxy) is 1. The Hall–Kier alpha value is -2.70. The molecule has 24 heavy (non-hydrogen) atoms. The zero-order valence-corrected chi connectivity index (χ0v) is 13.2. The molecule has 0 atom stereocenters. The van der Waals surface area contributed by atoms with Gasteiger partial charge in [-0.05, 0) is 42.3 Å². The Kier molecular flexibility index (Phi) is 5.33. The number of hydrogen-bond donors (Lipinski definition) is 2. The molecule has 0 heterocycles. The summed E-state index contributed by atoms with van der Waals surface area (Å²) >= 11 is 0. The second kappa shape index (κ2) is 7.25. The fourth-order valence-corrected chi connectivity index (χ4v) is 2.11. The zero-order chi connectivity index (χ0) is 17.7. The first-order valence-corrected chi connectivity index (χ1v) is 7.15. The third-order valence-electron chi connectivity index (χ3n) is 3.31. The van der Waals surface area contributed by atoms with Gasteiger partial charge in [0.1, 0.15) is 5.75 Å². The standard InChI is InChI=1S/C17H17F3N2O2/c1-11-6-7-14(15(8-11)24-2)22-16(23)21-10-12-4-3-5-13(9-12)17(18,19)20/h3-9H,10H2,1-2H3,(H2,21,22,23). The number of carbonyl (C=O) groups excluding carboxylic acids is 1. The van der Waals surface area contributed by atoms with Crippen LogP contribution in [0.5, 0.6) is 5.75 Å². The fraction of sp³-hybridized carbons (Fsp3) is 0.235. The van der Waals surface area contributed by atoms with E-state index in [1.807, 2.05) is 13.0 Å². The van der Waals surface area contributed by atoms with Gasteiger partial charge in [0.15, 0.2) is 0 Å². The average Bonchev–Trinajstić information content (AvgIpc) is 2.54. The highest BCUT2D eigenvalue weighted by molar-refractivity contribution is 5.90. The summed E-state index contributed by atoms with van der Waals surface area (Å²) < 4.78 is 43.1. The monoisotopic (exact) mass is 338 g/mol. The highest BCUT2D eigenvalue weighted by atomic mass is 19.4. The van der Waals surface area contributed by atoms with Crippen LogP contribution in [0, 0.1) is 6.92 Å². The highest BCUT2D eigenvalue weighted by Gasteiger charge is 2.30. The molecule has 0 saturated carbocycles. The van der Waals surface area contributed by atoms with Crippen molar-refractivity contribution in [2.75, 3.05) is 12.4 Å². The molecule has 0 radical (unpaired) electrons. The number of alkyl halides is 3. The predicted octanol–water partition coefficient (Wildman–Crippen LogP) is 4.34. The summed E-state index contributed by atoms with van der Waals surface area (Å²) in [5.41, 5.74) is 1.06. The van der Waals surface area contributed by atoms with E-state index in [-0.39, 0.29) is 6.54 Å². The van der Waals surface area contributed by atoms with Crippen LogP contribution in [0.15, 0.2) is 42.5 Å². The Balaban J connectivity index is 1.99. The normalized spacial score (nSPS) is 11.0. The first-order valence-electron chi connectivity index (χ1n) is 7.15. The summed E-state index contributed by atoms with van der Waals surface area (Å²) in [6.07, 6.45) is -4.41. The molecule has 128 valence electrons. The molecule has 0 aliphatic heterocycles. The van der Waals surface area contributed by atoms with Crippen LogP contribution in [0.25, 0.3) is 0 Å². The molecule has 0 fully saturated rings. The van der Waals surface area contributed by atoms with Gasteiger partial charge < -0.3 is 15.4 Å². The lowest BCUT2D eigenvalue weighted by atomic mass is 10.1. The van der Waals surface area contributed by atoms with Crippen LogP contribution in [0.3, 0.4) is 0 Å². The lowest BCUT2D eigenvalue weighted by Crippen LogP contribution is -2.28. The average molecular weight is 338 g/mol. The molecular weight excluding hydrogens is 321 g/mol. The third-order valence-corrected chi connectivity index (χ3v) is 3.31. The predicted molar refractivity (Wildman–Crippen MR) is 85.0 cm³/mol. The van der Waals surface area contributed by atoms with E-state index >= 15 is 0 Å². The molecule has 2 N–H and O–H groups in total. The summed E-state index contributed by atoms with van der Waals surface area (Å²) in [5, 5.41) is 5.13. The van der Waals surface area contributed by atoms with E-state index in [1.165, 1.54) is 19.2 Å². The van der Waals surface area contributed by atoms with E-state index in [9.17, 15) is 18.0 Å². The number of aryl methyl sites for hydroxylation is 1. The summed E-state index contributed by atoms with van der Waals surface area (Å²) in [7, 11) is 1.49. The van der Waals surface area contributed by atoms with E-state index in [0.29, 0.717) is 17.0 Å². The minimum absolute atomic E-state index is 0.0239. The number of methoxy groups -OCH3 is 1. The lowest BCUT2D eigenvalue weighted by molar-refractivity contribution is -0.137. The van der Waals surface area contributed by atoms with Crippen LogP contribution < -0.4 is 15.4 Å². The third kappa shape index (κ3) is 4.65. The van der Waals surface area contributed by atoms with E-state index in [0.717, 1.165) is 17.7 Å². The molecule has 2 amide bonds. The molecule has 4 nitrogen and oxygen atoms in total. The van der Waals surface area contributed by atoms with Gasteiger partial charge in [0.2, 0.25) is 0 Å². The Morgan fingerprint density at radius 3 is 2.58 bits per heavy atom. The number of carbonyl (C=O) groups is 1. The van der Waals surface area contributed by atoms with E-state index < -0.39 is 17.8 Å². The van der Waals surface area contributed by atoms with Gasteiger partial charge in [-0.2, -0.15) is 13.2 Å². The van der Waals surface area contributed by atoms with Crippen LogP contribution in [-0.4, -0.2) is 13.1 Å². The van der Waals surface area contributed by atoms with Gasteiger partial charge in [-0.3, -0.25) is 0 Å². The molecule has 0 unspecified atom stereocenters. The van der Waals surface area contributed by atoms with Crippen LogP contribution in [0.1, 0.15) is 16.7 Å². The maximum atomic E-state index is 12.7. The number of rotatable bonds is 4. The topological polar surface area (TPSA) is 50.4 Å². The van der Waals surface area contributed by atoms with Crippen molar-refractivity contribution in [2.45, 2.75) is 19.6 Å². The largest absolute Gasteiger partial charge is 0.495 e. The molecule has 2 aromatic rings. The zero-order valence-electron chi connectivity index (χ0n) is 13.2. The van der Waals surface area contributed by atoms with Crippen molar-refractivity contribution in [3.8, 4) is 5.75 Å². The van der Waals surface area contributed by atoms with Gasteiger partial charge >= 0.3 is 12.2 Å². The molecule has 0 spiro atoms. The van der Waals surface area contributed by atoms with Crippen molar-refractivity contribution in [1.29, 1.82) is 0 Å². The molecule has 0 bridgehead atoms. The number of halogens is 3. The SMILES string of the molecule is COc1cc(C)ccc1NC(=O)NCc1cccc(C(F)(F)F)c1. The molecule has 2 rings (SSSR count). The van der Waals surface area contributed by atoms with Gasteiger partial charge in [0.05, 0.1) is 18.4 Å². The van der Waals surface area contributed by atoms with Gasteiger partial charge in [0, 0.05) is 6.54 Å². The fourth-order valence-electron chi connectivity index (χ4n) is 2.11. The van der Waals surface area contributed by atoms with Gasteiger partial charge in [-0.25, -0.2) is 4.79 Å². The number of anilines is 1. The molecule has 2 aromatic carbocycles. The maximum Gasteiger partial charge on any atom is 0.416 e. The van der Waals surface area contributed by atoms with E-state index in [1.54, 1.807) is 12.1 Å². The maximum absolute atomic E-state index is 12.7. The summed E-state index contributed by atoms with van der Waals surface area (Å²) in [6.45, 7) is 1.87. The van der Waals surface area contributed by atoms with Crippen molar-refractivity contribution in [1.82, 2.24) is 5.32 Å². The molecule has 0 saturated heterocycles. The number of benzene rings is 2. The van der Waals surface area contributed by atoms with Crippen molar-refractivity contribution in [3.05, 3.63) is 59.2 Å². The number of amides is 2. The van der Waals surface area contributed by atoms with Crippen molar-refractivity contribution < 1.29 is 22.7 Å². The van der Waals surface area contributed by atoms with Crippen molar-refractivity contribution in [3.63, 3.8) is 0 Å². The van der Waals surface area contributed by atoms with Crippen LogP contribution in [0.4, 0.5) is 23.7 Å². The molecule has 0 aliphatic rings. The Morgan fingerprint density at radius 2 is 1.92 bits per heavy atom. The second-order valence-corrected chi connectivity index (χ2v) is 5.21.